The molecule has 0 aromatic carbocycles. The van der Waals surface area contributed by atoms with Crippen molar-refractivity contribution in [3.63, 3.8) is 0 Å². The van der Waals surface area contributed by atoms with E-state index in [4.69, 9.17) is 0 Å². The van der Waals surface area contributed by atoms with Gasteiger partial charge >= 0.3 is 0 Å². The zero-order valence-corrected chi connectivity index (χ0v) is 19.6. The SMILES string of the molecule is CN=C(NCCc1sc(C)nc1C)N1CCC(CN2CCCCC2)C1.I. The third-order valence-corrected chi connectivity index (χ3v) is 6.53. The van der Waals surface area contributed by atoms with Crippen molar-refractivity contribution in [2.45, 2.75) is 46.0 Å². The smallest absolute Gasteiger partial charge is 0.193 e. The van der Waals surface area contributed by atoms with Gasteiger partial charge in [0.15, 0.2) is 5.96 Å². The minimum atomic E-state index is 0. The van der Waals surface area contributed by atoms with E-state index in [9.17, 15) is 0 Å². The number of aliphatic imine (C=N–C) groups is 1. The summed E-state index contributed by atoms with van der Waals surface area (Å²) in [4.78, 5) is 15.5. The van der Waals surface area contributed by atoms with Gasteiger partial charge in [-0.25, -0.2) is 4.98 Å². The van der Waals surface area contributed by atoms with E-state index in [1.807, 2.05) is 18.4 Å². The molecule has 2 aliphatic heterocycles. The number of aromatic nitrogens is 1. The molecule has 0 radical (unpaired) electrons. The van der Waals surface area contributed by atoms with Gasteiger partial charge in [-0.3, -0.25) is 4.99 Å². The van der Waals surface area contributed by atoms with Crippen LogP contribution in [0.3, 0.4) is 0 Å². The molecule has 5 nitrogen and oxygen atoms in total. The first-order chi connectivity index (χ1) is 12.2. The van der Waals surface area contributed by atoms with Gasteiger partial charge in [-0.2, -0.15) is 0 Å². The summed E-state index contributed by atoms with van der Waals surface area (Å²) in [6.07, 6.45) is 6.51. The summed E-state index contributed by atoms with van der Waals surface area (Å²) < 4.78 is 0. The molecule has 1 atom stereocenters. The van der Waals surface area contributed by atoms with E-state index >= 15 is 0 Å². The highest BCUT2D eigenvalue weighted by Gasteiger charge is 2.26. The molecule has 2 fully saturated rings. The Morgan fingerprint density at radius 3 is 2.65 bits per heavy atom. The number of nitrogens with one attached hydrogen (secondary N) is 1. The first-order valence-corrected chi connectivity index (χ1v) is 10.6. The van der Waals surface area contributed by atoms with Crippen molar-refractivity contribution in [2.24, 2.45) is 10.9 Å². The number of piperidine rings is 1. The molecule has 148 valence electrons. The molecule has 7 heteroatoms. The molecule has 26 heavy (non-hydrogen) atoms. The van der Waals surface area contributed by atoms with Crippen molar-refractivity contribution in [3.8, 4) is 0 Å². The molecule has 0 spiro atoms. The van der Waals surface area contributed by atoms with E-state index in [1.54, 1.807) is 0 Å². The summed E-state index contributed by atoms with van der Waals surface area (Å²) >= 11 is 1.82. The lowest BCUT2D eigenvalue weighted by atomic mass is 10.1. The third-order valence-electron chi connectivity index (χ3n) is 5.40. The first-order valence-electron chi connectivity index (χ1n) is 9.76. The summed E-state index contributed by atoms with van der Waals surface area (Å²) in [6, 6.07) is 0. The third kappa shape index (κ3) is 6.05. The van der Waals surface area contributed by atoms with Crippen molar-refractivity contribution < 1.29 is 0 Å². The number of aryl methyl sites for hydroxylation is 2. The molecule has 0 bridgehead atoms. The highest BCUT2D eigenvalue weighted by Crippen LogP contribution is 2.20. The zero-order valence-electron chi connectivity index (χ0n) is 16.5. The molecule has 0 aliphatic carbocycles. The van der Waals surface area contributed by atoms with Crippen LogP contribution in [-0.2, 0) is 6.42 Å². The number of thiazole rings is 1. The van der Waals surface area contributed by atoms with Gasteiger partial charge in [-0.05, 0) is 52.1 Å². The number of hydrogen-bond acceptors (Lipinski definition) is 4. The van der Waals surface area contributed by atoms with Crippen LogP contribution in [0, 0.1) is 19.8 Å². The van der Waals surface area contributed by atoms with Gasteiger partial charge in [-0.1, -0.05) is 6.42 Å². The Labute approximate surface area is 179 Å². The summed E-state index contributed by atoms with van der Waals surface area (Å²) in [7, 11) is 1.91. The van der Waals surface area contributed by atoms with Gasteiger partial charge < -0.3 is 15.1 Å². The number of rotatable bonds is 5. The number of likely N-dealkylation sites (tertiary alicyclic amines) is 2. The summed E-state index contributed by atoms with van der Waals surface area (Å²) in [5, 5.41) is 4.73. The second kappa shape index (κ2) is 10.8. The van der Waals surface area contributed by atoms with Crippen LogP contribution in [0.25, 0.3) is 0 Å². The maximum atomic E-state index is 4.52. The molecule has 3 heterocycles. The molecule has 0 amide bonds. The van der Waals surface area contributed by atoms with Crippen LogP contribution in [0.2, 0.25) is 0 Å². The second-order valence-electron chi connectivity index (χ2n) is 7.43. The van der Waals surface area contributed by atoms with Crippen LogP contribution in [0.1, 0.15) is 41.3 Å². The van der Waals surface area contributed by atoms with E-state index in [0.717, 1.165) is 42.9 Å². The van der Waals surface area contributed by atoms with E-state index in [1.165, 1.54) is 55.9 Å². The highest BCUT2D eigenvalue weighted by atomic mass is 127. The fraction of sp³-hybridized carbons (Fsp3) is 0.789. The molecule has 2 aliphatic rings. The topological polar surface area (TPSA) is 43.8 Å². The Hall–Kier alpha value is -0.410. The maximum Gasteiger partial charge on any atom is 0.193 e. The van der Waals surface area contributed by atoms with Crippen molar-refractivity contribution >= 4 is 41.3 Å². The van der Waals surface area contributed by atoms with Crippen molar-refractivity contribution in [1.29, 1.82) is 0 Å². The number of halogens is 1. The van der Waals surface area contributed by atoms with Crippen molar-refractivity contribution in [1.82, 2.24) is 20.1 Å². The van der Waals surface area contributed by atoms with Crippen LogP contribution in [0.15, 0.2) is 4.99 Å². The standard InChI is InChI=1S/C19H33N5S.HI/c1-15-18(25-16(2)22-15)7-9-21-19(20-3)24-12-8-17(14-24)13-23-10-5-4-6-11-23;/h17H,4-14H2,1-3H3,(H,20,21);1H. The van der Waals surface area contributed by atoms with E-state index in [-0.39, 0.29) is 24.0 Å². The minimum absolute atomic E-state index is 0. The van der Waals surface area contributed by atoms with E-state index in [0.29, 0.717) is 0 Å². The van der Waals surface area contributed by atoms with Gasteiger partial charge in [0.25, 0.3) is 0 Å². The molecule has 1 aromatic heterocycles. The van der Waals surface area contributed by atoms with Crippen LogP contribution < -0.4 is 5.32 Å². The molecule has 3 rings (SSSR count). The Bertz CT molecular complexity index is 582. The number of guanidine groups is 1. The van der Waals surface area contributed by atoms with Crippen LogP contribution in [-0.4, -0.2) is 67.1 Å². The molecular weight excluding hydrogens is 457 g/mol. The van der Waals surface area contributed by atoms with Gasteiger partial charge in [0.2, 0.25) is 0 Å². The summed E-state index contributed by atoms with van der Waals surface area (Å²) in [5.41, 5.74) is 1.18. The van der Waals surface area contributed by atoms with E-state index < -0.39 is 0 Å². The molecule has 1 aromatic rings. The van der Waals surface area contributed by atoms with Crippen LogP contribution in [0.5, 0.6) is 0 Å². The van der Waals surface area contributed by atoms with E-state index in [2.05, 4.69) is 38.9 Å². The first kappa shape index (κ1) is 21.9. The lowest BCUT2D eigenvalue weighted by molar-refractivity contribution is 0.198. The van der Waals surface area contributed by atoms with Gasteiger partial charge in [0, 0.05) is 44.5 Å². The molecule has 0 saturated carbocycles. The number of hydrogen-bond donors (Lipinski definition) is 1. The van der Waals surface area contributed by atoms with Crippen molar-refractivity contribution in [3.05, 3.63) is 15.6 Å². The second-order valence-corrected chi connectivity index (χ2v) is 8.72. The van der Waals surface area contributed by atoms with Crippen LogP contribution in [0.4, 0.5) is 0 Å². The lowest BCUT2D eigenvalue weighted by Crippen LogP contribution is -2.41. The lowest BCUT2D eigenvalue weighted by Gasteiger charge is -2.29. The fourth-order valence-corrected chi connectivity index (χ4v) is 5.04. The molecular formula is C19H34IN5S. The molecule has 2 saturated heterocycles. The molecule has 1 unspecified atom stereocenters. The largest absolute Gasteiger partial charge is 0.356 e. The predicted molar refractivity (Wildman–Crippen MR) is 122 cm³/mol. The Kier molecular flexibility index (Phi) is 9.09. The van der Waals surface area contributed by atoms with Crippen molar-refractivity contribution in [2.75, 3.05) is 46.3 Å². The summed E-state index contributed by atoms with van der Waals surface area (Å²) in [6.45, 7) is 11.3. The average Bonchev–Trinajstić information content (AvgIpc) is 3.19. The Balaban J connectivity index is 0.00000243. The van der Waals surface area contributed by atoms with Gasteiger partial charge in [0.05, 0.1) is 10.7 Å². The summed E-state index contributed by atoms with van der Waals surface area (Å²) in [5.74, 6) is 1.86. The normalized spacial score (nSPS) is 21.7. The molecule has 1 N–H and O–H groups in total. The maximum absolute atomic E-state index is 4.52. The minimum Gasteiger partial charge on any atom is -0.356 e. The zero-order chi connectivity index (χ0) is 17.6. The average molecular weight is 491 g/mol. The van der Waals surface area contributed by atoms with Gasteiger partial charge in [-0.15, -0.1) is 35.3 Å². The number of nitrogens with zero attached hydrogens (tertiary/aromatic N) is 4. The monoisotopic (exact) mass is 491 g/mol. The quantitative estimate of drug-likeness (QED) is 0.390. The Morgan fingerprint density at radius 1 is 1.23 bits per heavy atom. The highest BCUT2D eigenvalue weighted by molar-refractivity contribution is 14.0. The van der Waals surface area contributed by atoms with Crippen LogP contribution >= 0.6 is 35.3 Å². The van der Waals surface area contributed by atoms with Gasteiger partial charge in [0.1, 0.15) is 0 Å². The predicted octanol–water partition coefficient (Wildman–Crippen LogP) is 3.30. The Morgan fingerprint density at radius 2 is 2.00 bits per heavy atom. The fourth-order valence-electron chi connectivity index (χ4n) is 4.11.